The smallest absolute Gasteiger partial charge is 0.338 e. The Bertz CT molecular complexity index is 840. The normalized spacial score (nSPS) is 25.6. The molecule has 5 atom stereocenters. The van der Waals surface area contributed by atoms with Gasteiger partial charge >= 0.3 is 11.9 Å². The van der Waals surface area contributed by atoms with E-state index in [0.29, 0.717) is 12.2 Å². The first kappa shape index (κ1) is 22.9. The van der Waals surface area contributed by atoms with Gasteiger partial charge in [-0.05, 0) is 17.7 Å². The maximum absolute atomic E-state index is 12.8. The highest BCUT2D eigenvalue weighted by molar-refractivity contribution is 5.89. The molecule has 0 spiro atoms. The van der Waals surface area contributed by atoms with Crippen LogP contribution >= 0.6 is 0 Å². The second-order valence-corrected chi connectivity index (χ2v) is 7.55. The lowest BCUT2D eigenvalue weighted by Gasteiger charge is -2.44. The molecule has 1 saturated heterocycles. The molecule has 2 aromatic rings. The van der Waals surface area contributed by atoms with Crippen LogP contribution in [0.4, 0.5) is 0 Å². The van der Waals surface area contributed by atoms with Gasteiger partial charge < -0.3 is 24.1 Å². The third-order valence-electron chi connectivity index (χ3n) is 5.31. The zero-order chi connectivity index (χ0) is 22.2. The van der Waals surface area contributed by atoms with Gasteiger partial charge in [0, 0.05) is 12.8 Å². The second-order valence-electron chi connectivity index (χ2n) is 7.55. The Hall–Kier alpha value is -2.74. The molecule has 0 aliphatic carbocycles. The van der Waals surface area contributed by atoms with E-state index in [-0.39, 0.29) is 19.1 Å². The summed E-state index contributed by atoms with van der Waals surface area (Å²) in [5, 5.41) is 9.81. The van der Waals surface area contributed by atoms with Crippen LogP contribution in [0.3, 0.4) is 0 Å². The van der Waals surface area contributed by atoms with Crippen molar-refractivity contribution in [2.24, 2.45) is 5.92 Å². The van der Waals surface area contributed by atoms with Gasteiger partial charge in [0.05, 0.1) is 24.9 Å². The van der Waals surface area contributed by atoms with E-state index in [2.05, 4.69) is 0 Å². The molecule has 2 aromatic carbocycles. The molecule has 1 N–H and O–H groups in total. The zero-order valence-electron chi connectivity index (χ0n) is 17.7. The topological polar surface area (TPSA) is 91.3 Å². The zero-order valence-corrected chi connectivity index (χ0v) is 17.7. The molecule has 3 rings (SSSR count). The van der Waals surface area contributed by atoms with Crippen LogP contribution in [-0.2, 0) is 30.3 Å². The molecule has 1 aliphatic rings. The average molecular weight is 428 g/mol. The highest BCUT2D eigenvalue weighted by Gasteiger charge is 2.47. The fourth-order valence-corrected chi connectivity index (χ4v) is 3.61. The summed E-state index contributed by atoms with van der Waals surface area (Å²) in [6.07, 6.45) is -2.72. The maximum atomic E-state index is 12.8. The predicted octanol–water partition coefficient (Wildman–Crippen LogP) is 2.76. The summed E-state index contributed by atoms with van der Waals surface area (Å²) in [6, 6.07) is 18.3. The monoisotopic (exact) mass is 428 g/mol. The number of carbonyl (C=O) groups is 2. The molecular formula is C24H28O7. The van der Waals surface area contributed by atoms with E-state index < -0.39 is 36.4 Å². The lowest BCUT2D eigenvalue weighted by atomic mass is 9.88. The van der Waals surface area contributed by atoms with Crippen molar-refractivity contribution in [1.29, 1.82) is 0 Å². The van der Waals surface area contributed by atoms with Gasteiger partial charge in [-0.1, -0.05) is 55.5 Å². The minimum Gasteiger partial charge on any atom is -0.463 e. The van der Waals surface area contributed by atoms with Crippen molar-refractivity contribution in [2.75, 3.05) is 13.2 Å². The predicted molar refractivity (Wildman–Crippen MR) is 112 cm³/mol. The molecule has 7 heteroatoms. The Labute approximate surface area is 181 Å². The van der Waals surface area contributed by atoms with Gasteiger partial charge in [-0.3, -0.25) is 4.79 Å². The average Bonchev–Trinajstić information content (AvgIpc) is 2.79. The van der Waals surface area contributed by atoms with E-state index in [4.69, 9.17) is 18.9 Å². The minimum absolute atomic E-state index is 0.115. The molecule has 166 valence electrons. The van der Waals surface area contributed by atoms with Crippen molar-refractivity contribution >= 4 is 11.9 Å². The molecule has 7 nitrogen and oxygen atoms in total. The van der Waals surface area contributed by atoms with Crippen LogP contribution in [0.25, 0.3) is 0 Å². The van der Waals surface area contributed by atoms with E-state index in [1.54, 1.807) is 24.3 Å². The van der Waals surface area contributed by atoms with Crippen LogP contribution in [0.5, 0.6) is 0 Å². The van der Waals surface area contributed by atoms with Crippen LogP contribution < -0.4 is 0 Å². The van der Waals surface area contributed by atoms with Gasteiger partial charge in [0.15, 0.2) is 6.10 Å². The van der Waals surface area contributed by atoms with Gasteiger partial charge in [-0.15, -0.1) is 0 Å². The molecule has 1 aliphatic heterocycles. The Morgan fingerprint density at radius 2 is 1.61 bits per heavy atom. The molecule has 31 heavy (non-hydrogen) atoms. The molecule has 0 saturated carbocycles. The van der Waals surface area contributed by atoms with Crippen LogP contribution in [-0.4, -0.2) is 54.7 Å². The molecule has 0 unspecified atom stereocenters. The summed E-state index contributed by atoms with van der Waals surface area (Å²) < 4.78 is 23.1. The fraction of sp³-hybridized carbons (Fsp3) is 0.417. The van der Waals surface area contributed by atoms with Gasteiger partial charge in [0.1, 0.15) is 18.8 Å². The van der Waals surface area contributed by atoms with Crippen molar-refractivity contribution in [3.8, 4) is 0 Å². The first-order valence-electron chi connectivity index (χ1n) is 10.3. The van der Waals surface area contributed by atoms with Crippen molar-refractivity contribution in [2.45, 2.75) is 44.9 Å². The molecule has 0 bridgehead atoms. The Balaban J connectivity index is 1.84. The third-order valence-corrected chi connectivity index (χ3v) is 5.31. The number of esters is 2. The van der Waals surface area contributed by atoms with Crippen LogP contribution in [0.15, 0.2) is 60.7 Å². The van der Waals surface area contributed by atoms with Gasteiger partial charge in [0.2, 0.25) is 0 Å². The molecular weight excluding hydrogens is 400 g/mol. The summed E-state index contributed by atoms with van der Waals surface area (Å²) in [5.74, 6) is -1.27. The number of hydrogen-bond acceptors (Lipinski definition) is 7. The minimum atomic E-state index is -0.825. The van der Waals surface area contributed by atoms with Crippen molar-refractivity contribution in [3.05, 3.63) is 71.8 Å². The van der Waals surface area contributed by atoms with E-state index in [9.17, 15) is 14.7 Å². The molecule has 1 heterocycles. The Kier molecular flexibility index (Phi) is 8.17. The van der Waals surface area contributed by atoms with Gasteiger partial charge in [0.25, 0.3) is 0 Å². The molecule has 0 aromatic heterocycles. The van der Waals surface area contributed by atoms with E-state index in [1.165, 1.54) is 6.92 Å². The van der Waals surface area contributed by atoms with Gasteiger partial charge in [-0.2, -0.15) is 0 Å². The Morgan fingerprint density at radius 3 is 2.23 bits per heavy atom. The number of benzene rings is 2. The van der Waals surface area contributed by atoms with Crippen molar-refractivity contribution < 1.29 is 33.6 Å². The first-order chi connectivity index (χ1) is 15.0. The number of hydrogen-bond donors (Lipinski definition) is 1. The van der Waals surface area contributed by atoms with Crippen LogP contribution in [0, 0.1) is 5.92 Å². The van der Waals surface area contributed by atoms with E-state index in [1.807, 2.05) is 43.3 Å². The summed E-state index contributed by atoms with van der Waals surface area (Å²) in [4.78, 5) is 24.2. The van der Waals surface area contributed by atoms with Crippen molar-refractivity contribution in [3.63, 3.8) is 0 Å². The third kappa shape index (κ3) is 6.13. The Morgan fingerprint density at radius 1 is 0.968 bits per heavy atom. The van der Waals surface area contributed by atoms with E-state index >= 15 is 0 Å². The quantitative estimate of drug-likeness (QED) is 0.647. The first-order valence-corrected chi connectivity index (χ1v) is 10.3. The largest absolute Gasteiger partial charge is 0.463 e. The maximum Gasteiger partial charge on any atom is 0.338 e. The summed E-state index contributed by atoms with van der Waals surface area (Å²) in [6.45, 7) is 3.12. The molecule has 0 amide bonds. The fourth-order valence-electron chi connectivity index (χ4n) is 3.61. The van der Waals surface area contributed by atoms with Crippen molar-refractivity contribution in [1.82, 2.24) is 0 Å². The number of rotatable bonds is 8. The molecule has 0 radical (unpaired) electrons. The van der Waals surface area contributed by atoms with E-state index in [0.717, 1.165) is 5.56 Å². The number of aliphatic hydroxyl groups excluding tert-OH is 1. The SMILES string of the molecule is CC(=O)OC[C@H]1O[C@@H](CO)[C@H](C)[C@@H](OCc2ccccc2)[C@@H]1OC(=O)c1ccccc1. The molecule has 1 fully saturated rings. The second kappa shape index (κ2) is 11.0. The standard InChI is InChI=1S/C24H28O7/c1-16-20(13-25)30-21(15-28-17(2)26)23(31-24(27)19-11-7-4-8-12-19)22(16)29-14-18-9-5-3-6-10-18/h3-12,16,20-23,25H,13-15H2,1-2H3/t16-,20-,21+,22+,23+/m0/s1. The lowest BCUT2D eigenvalue weighted by molar-refractivity contribution is -0.230. The number of aliphatic hydroxyl groups is 1. The number of ether oxygens (including phenoxy) is 4. The highest BCUT2D eigenvalue weighted by atomic mass is 16.6. The highest BCUT2D eigenvalue weighted by Crippen LogP contribution is 2.32. The number of carbonyl (C=O) groups excluding carboxylic acids is 2. The summed E-state index contributed by atoms with van der Waals surface area (Å²) >= 11 is 0. The van der Waals surface area contributed by atoms with Gasteiger partial charge in [-0.25, -0.2) is 4.79 Å². The van der Waals surface area contributed by atoms with Crippen LogP contribution in [0.2, 0.25) is 0 Å². The van der Waals surface area contributed by atoms with Crippen LogP contribution in [0.1, 0.15) is 29.8 Å². The summed E-state index contributed by atoms with van der Waals surface area (Å²) in [5.41, 5.74) is 1.36. The lowest BCUT2D eigenvalue weighted by Crippen LogP contribution is -2.58. The summed E-state index contributed by atoms with van der Waals surface area (Å²) in [7, 11) is 0.